The summed E-state index contributed by atoms with van der Waals surface area (Å²) in [6.45, 7) is 5.57. The van der Waals surface area contributed by atoms with Gasteiger partial charge in [-0.1, -0.05) is 60.7 Å². The maximum Gasteiger partial charge on any atom is 0.407 e. The van der Waals surface area contributed by atoms with Crippen molar-refractivity contribution >= 4 is 13.7 Å². The molecule has 3 N–H and O–H groups in total. The van der Waals surface area contributed by atoms with E-state index in [0.717, 1.165) is 0 Å². The first-order valence-corrected chi connectivity index (χ1v) is 10.8. The first-order valence-electron chi connectivity index (χ1n) is 9.20. The first kappa shape index (κ1) is 22.2. The summed E-state index contributed by atoms with van der Waals surface area (Å²) in [4.78, 5) is 32.6. The Morgan fingerprint density at radius 2 is 1.43 bits per heavy atom. The zero-order valence-corrected chi connectivity index (χ0v) is 17.4. The molecule has 6 nitrogen and oxygen atoms in total. The van der Waals surface area contributed by atoms with Gasteiger partial charge in [-0.25, -0.2) is 4.79 Å². The molecule has 0 saturated heterocycles. The Morgan fingerprint density at radius 1 is 0.964 bits per heavy atom. The van der Waals surface area contributed by atoms with Gasteiger partial charge in [-0.05, 0) is 44.7 Å². The summed E-state index contributed by atoms with van der Waals surface area (Å²) in [6, 6.07) is 17.6. The van der Waals surface area contributed by atoms with Crippen LogP contribution < -0.4 is 5.32 Å². The molecule has 0 aromatic heterocycles. The van der Waals surface area contributed by atoms with Crippen LogP contribution in [0.15, 0.2) is 60.7 Å². The van der Waals surface area contributed by atoms with Crippen LogP contribution in [0.4, 0.5) is 4.79 Å². The molecular weight excluding hydrogens is 377 g/mol. The summed E-state index contributed by atoms with van der Waals surface area (Å²) in [5.41, 5.74) is 0.493. The molecule has 0 radical (unpaired) electrons. The Balaban J connectivity index is 2.27. The van der Waals surface area contributed by atoms with E-state index in [1.807, 2.05) is 12.1 Å². The number of amides is 1. The third-order valence-corrected chi connectivity index (χ3v) is 6.12. The molecule has 1 amide bonds. The fourth-order valence-electron chi connectivity index (χ4n) is 3.21. The standard InChI is InChI=1S/C21H28NO5P/c1-20(2,3)27-19(23)22-16-10-15-21(28(24,25)26,17-11-6-4-7-12-17)18-13-8-5-9-14-18/h4-9,11-14H,10,15-16H2,1-3H3,(H,22,23)(H2,24,25,26). The number of ether oxygens (including phenoxy) is 1. The molecule has 0 heterocycles. The molecule has 28 heavy (non-hydrogen) atoms. The highest BCUT2D eigenvalue weighted by atomic mass is 31.2. The van der Waals surface area contributed by atoms with E-state index in [1.54, 1.807) is 69.3 Å². The van der Waals surface area contributed by atoms with Crippen molar-refractivity contribution in [3.8, 4) is 0 Å². The molecule has 0 aliphatic heterocycles. The minimum atomic E-state index is -4.59. The van der Waals surface area contributed by atoms with E-state index in [2.05, 4.69) is 5.32 Å². The molecule has 0 unspecified atom stereocenters. The fraction of sp³-hybridized carbons (Fsp3) is 0.381. The lowest BCUT2D eigenvalue weighted by Crippen LogP contribution is -2.34. The van der Waals surface area contributed by atoms with Gasteiger partial charge in [0, 0.05) is 6.54 Å². The second-order valence-electron chi connectivity index (χ2n) is 7.67. The Morgan fingerprint density at radius 3 is 1.82 bits per heavy atom. The summed E-state index contributed by atoms with van der Waals surface area (Å²) in [6.07, 6.45) is -0.0106. The molecule has 0 bridgehead atoms. The predicted octanol–water partition coefficient (Wildman–Crippen LogP) is 4.41. The molecule has 0 aliphatic rings. The summed E-state index contributed by atoms with van der Waals surface area (Å²) in [5.74, 6) is 0. The number of carbonyl (C=O) groups is 1. The summed E-state index contributed by atoms with van der Waals surface area (Å²) in [7, 11) is -4.59. The second-order valence-corrected chi connectivity index (χ2v) is 9.52. The van der Waals surface area contributed by atoms with Gasteiger partial charge < -0.3 is 19.8 Å². The van der Waals surface area contributed by atoms with Crippen molar-refractivity contribution in [3.63, 3.8) is 0 Å². The minimum absolute atomic E-state index is 0.168. The Bertz CT molecular complexity index is 772. The molecule has 0 spiro atoms. The van der Waals surface area contributed by atoms with Crippen molar-refractivity contribution in [1.82, 2.24) is 5.32 Å². The molecule has 2 aromatic carbocycles. The highest BCUT2D eigenvalue weighted by Gasteiger charge is 2.49. The normalized spacial score (nSPS) is 12.5. The van der Waals surface area contributed by atoms with Crippen molar-refractivity contribution in [2.45, 2.75) is 44.4 Å². The van der Waals surface area contributed by atoms with Crippen LogP contribution >= 0.6 is 7.60 Å². The van der Waals surface area contributed by atoms with Crippen LogP contribution in [0.3, 0.4) is 0 Å². The Kier molecular flexibility index (Phi) is 7.05. The average Bonchev–Trinajstić information content (AvgIpc) is 2.61. The van der Waals surface area contributed by atoms with Gasteiger partial charge >= 0.3 is 13.7 Å². The van der Waals surface area contributed by atoms with E-state index in [4.69, 9.17) is 4.74 Å². The van der Waals surface area contributed by atoms with Crippen LogP contribution in [-0.4, -0.2) is 28.0 Å². The quantitative estimate of drug-likeness (QED) is 0.468. The smallest absolute Gasteiger partial charge is 0.407 e. The van der Waals surface area contributed by atoms with E-state index in [0.29, 0.717) is 17.5 Å². The number of benzene rings is 2. The molecule has 2 rings (SSSR count). The van der Waals surface area contributed by atoms with Crippen LogP contribution in [0.25, 0.3) is 0 Å². The predicted molar refractivity (Wildman–Crippen MR) is 109 cm³/mol. The van der Waals surface area contributed by atoms with Gasteiger partial charge in [0.25, 0.3) is 0 Å². The lowest BCUT2D eigenvalue weighted by molar-refractivity contribution is 0.0526. The van der Waals surface area contributed by atoms with E-state index in [9.17, 15) is 19.1 Å². The number of alkyl carbamates (subject to hydrolysis) is 1. The van der Waals surface area contributed by atoms with Gasteiger partial charge in [-0.15, -0.1) is 0 Å². The van der Waals surface area contributed by atoms with Gasteiger partial charge in [0.1, 0.15) is 10.8 Å². The van der Waals surface area contributed by atoms with Crippen LogP contribution in [0.1, 0.15) is 44.7 Å². The highest BCUT2D eigenvalue weighted by Crippen LogP contribution is 2.63. The molecular formula is C21H28NO5P. The fourth-order valence-corrected chi connectivity index (χ4v) is 4.63. The summed E-state index contributed by atoms with van der Waals surface area (Å²) < 4.78 is 18.0. The largest absolute Gasteiger partial charge is 0.444 e. The monoisotopic (exact) mass is 405 g/mol. The molecule has 152 valence electrons. The molecule has 2 aromatic rings. The number of hydrogen-bond acceptors (Lipinski definition) is 3. The number of rotatable bonds is 7. The van der Waals surface area contributed by atoms with Gasteiger partial charge in [0.2, 0.25) is 0 Å². The van der Waals surface area contributed by atoms with E-state index in [1.165, 1.54) is 0 Å². The second kappa shape index (κ2) is 8.91. The third-order valence-electron chi connectivity index (χ3n) is 4.38. The maximum absolute atomic E-state index is 12.8. The summed E-state index contributed by atoms with van der Waals surface area (Å²) in [5, 5.41) is 1.17. The van der Waals surface area contributed by atoms with Gasteiger partial charge in [0.05, 0.1) is 0 Å². The number of nitrogens with one attached hydrogen (secondary N) is 1. The van der Waals surface area contributed by atoms with Crippen molar-refractivity contribution in [2.24, 2.45) is 0 Å². The first-order chi connectivity index (χ1) is 13.1. The molecule has 0 fully saturated rings. The van der Waals surface area contributed by atoms with Crippen molar-refractivity contribution in [1.29, 1.82) is 0 Å². The van der Waals surface area contributed by atoms with Crippen LogP contribution in [-0.2, 0) is 14.5 Å². The van der Waals surface area contributed by atoms with Crippen LogP contribution in [0.2, 0.25) is 0 Å². The van der Waals surface area contributed by atoms with Crippen molar-refractivity contribution in [2.75, 3.05) is 6.54 Å². The summed E-state index contributed by atoms with van der Waals surface area (Å²) >= 11 is 0. The van der Waals surface area contributed by atoms with Crippen LogP contribution in [0, 0.1) is 0 Å². The van der Waals surface area contributed by atoms with Crippen molar-refractivity contribution < 1.29 is 23.9 Å². The lowest BCUT2D eigenvalue weighted by Gasteiger charge is -2.35. The molecule has 7 heteroatoms. The van der Waals surface area contributed by atoms with E-state index >= 15 is 0 Å². The molecule has 0 aliphatic carbocycles. The SMILES string of the molecule is CC(C)(C)OC(=O)NCCCC(c1ccccc1)(c1ccccc1)P(=O)(O)O. The molecule has 0 saturated carbocycles. The Labute approximate surface area is 166 Å². The Hall–Kier alpha value is -2.14. The average molecular weight is 405 g/mol. The number of carbonyl (C=O) groups excluding carboxylic acids is 1. The van der Waals surface area contributed by atoms with Gasteiger partial charge in [0.15, 0.2) is 0 Å². The van der Waals surface area contributed by atoms with Gasteiger partial charge in [-0.2, -0.15) is 0 Å². The topological polar surface area (TPSA) is 95.9 Å². The van der Waals surface area contributed by atoms with E-state index < -0.39 is 24.4 Å². The zero-order valence-electron chi connectivity index (χ0n) is 16.5. The molecule has 0 atom stereocenters. The van der Waals surface area contributed by atoms with Gasteiger partial charge in [-0.3, -0.25) is 4.57 Å². The minimum Gasteiger partial charge on any atom is -0.444 e. The van der Waals surface area contributed by atoms with Crippen LogP contribution in [0.5, 0.6) is 0 Å². The third kappa shape index (κ3) is 5.44. The zero-order chi connectivity index (χ0) is 20.8. The van der Waals surface area contributed by atoms with Crippen molar-refractivity contribution in [3.05, 3.63) is 71.8 Å². The lowest BCUT2D eigenvalue weighted by atomic mass is 9.86. The number of hydrogen-bond donors (Lipinski definition) is 3. The highest BCUT2D eigenvalue weighted by molar-refractivity contribution is 7.53. The maximum atomic E-state index is 12.8. The van der Waals surface area contributed by atoms with E-state index in [-0.39, 0.29) is 13.0 Å².